The predicted octanol–water partition coefficient (Wildman–Crippen LogP) is 2.14. The number of benzene rings is 1. The van der Waals surface area contributed by atoms with Crippen molar-refractivity contribution in [3.63, 3.8) is 0 Å². The van der Waals surface area contributed by atoms with Crippen LogP contribution in [0.5, 0.6) is 11.5 Å². The van der Waals surface area contributed by atoms with E-state index in [1.165, 1.54) is 5.56 Å². The van der Waals surface area contributed by atoms with Gasteiger partial charge in [0.15, 0.2) is 11.5 Å². The molecule has 2 heterocycles. The van der Waals surface area contributed by atoms with Crippen LogP contribution >= 0.6 is 0 Å². The van der Waals surface area contributed by atoms with Crippen molar-refractivity contribution in [2.24, 2.45) is 0 Å². The summed E-state index contributed by atoms with van der Waals surface area (Å²) >= 11 is 0. The molecule has 0 unspecified atom stereocenters. The van der Waals surface area contributed by atoms with Crippen molar-refractivity contribution in [2.75, 3.05) is 13.3 Å². The minimum Gasteiger partial charge on any atom is -0.454 e. The van der Waals surface area contributed by atoms with E-state index < -0.39 is 0 Å². The SMILES string of the molecule is c1ccc(CCNCc2ccc3c(c2)OCO3)nc1. The second-order valence-electron chi connectivity index (χ2n) is 4.44. The summed E-state index contributed by atoms with van der Waals surface area (Å²) in [6, 6.07) is 12.0. The quantitative estimate of drug-likeness (QED) is 0.832. The lowest BCUT2D eigenvalue weighted by Crippen LogP contribution is -2.17. The largest absolute Gasteiger partial charge is 0.454 e. The number of hydrogen-bond acceptors (Lipinski definition) is 4. The van der Waals surface area contributed by atoms with Crippen molar-refractivity contribution < 1.29 is 9.47 Å². The number of fused-ring (bicyclic) bond motifs is 1. The van der Waals surface area contributed by atoms with Gasteiger partial charge in [-0.05, 0) is 29.8 Å². The minimum absolute atomic E-state index is 0.325. The molecule has 19 heavy (non-hydrogen) atoms. The Labute approximate surface area is 112 Å². The van der Waals surface area contributed by atoms with Crippen LogP contribution in [0.4, 0.5) is 0 Å². The van der Waals surface area contributed by atoms with E-state index in [2.05, 4.69) is 16.4 Å². The van der Waals surface area contributed by atoms with Crippen molar-refractivity contribution in [3.8, 4) is 11.5 Å². The smallest absolute Gasteiger partial charge is 0.231 e. The maximum absolute atomic E-state index is 5.35. The van der Waals surface area contributed by atoms with Crippen molar-refractivity contribution in [1.82, 2.24) is 10.3 Å². The summed E-state index contributed by atoms with van der Waals surface area (Å²) in [5.74, 6) is 1.67. The van der Waals surface area contributed by atoms with Crippen LogP contribution in [0, 0.1) is 0 Å². The molecule has 0 spiro atoms. The Morgan fingerprint density at radius 1 is 1.11 bits per heavy atom. The summed E-state index contributed by atoms with van der Waals surface area (Å²) < 4.78 is 10.6. The summed E-state index contributed by atoms with van der Waals surface area (Å²) in [5.41, 5.74) is 2.31. The lowest BCUT2D eigenvalue weighted by molar-refractivity contribution is 0.174. The van der Waals surface area contributed by atoms with Crippen LogP contribution in [0.15, 0.2) is 42.6 Å². The molecule has 0 bridgehead atoms. The van der Waals surface area contributed by atoms with Crippen LogP contribution in [0.1, 0.15) is 11.3 Å². The first-order chi connectivity index (χ1) is 9.42. The number of nitrogens with zero attached hydrogens (tertiary/aromatic N) is 1. The first-order valence-corrected chi connectivity index (χ1v) is 6.41. The van der Waals surface area contributed by atoms with Crippen molar-refractivity contribution in [3.05, 3.63) is 53.9 Å². The maximum atomic E-state index is 5.35. The average molecular weight is 256 g/mol. The molecule has 0 saturated carbocycles. The predicted molar refractivity (Wildman–Crippen MR) is 72.2 cm³/mol. The van der Waals surface area contributed by atoms with E-state index in [9.17, 15) is 0 Å². The lowest BCUT2D eigenvalue weighted by atomic mass is 10.2. The Morgan fingerprint density at radius 3 is 2.95 bits per heavy atom. The first kappa shape index (κ1) is 12.0. The summed E-state index contributed by atoms with van der Waals surface area (Å²) in [6.45, 7) is 2.06. The van der Waals surface area contributed by atoms with Gasteiger partial charge in [-0.1, -0.05) is 12.1 Å². The summed E-state index contributed by atoms with van der Waals surface area (Å²) in [4.78, 5) is 4.29. The standard InChI is InChI=1S/C15H16N2O2/c1-2-7-17-13(3-1)6-8-16-10-12-4-5-14-15(9-12)19-11-18-14/h1-5,7,9,16H,6,8,10-11H2. The highest BCUT2D eigenvalue weighted by Crippen LogP contribution is 2.32. The molecule has 1 aromatic carbocycles. The van der Waals surface area contributed by atoms with Gasteiger partial charge in [-0.25, -0.2) is 0 Å². The molecule has 1 aliphatic rings. The Balaban J connectivity index is 1.48. The number of aromatic nitrogens is 1. The Hall–Kier alpha value is -2.07. The fourth-order valence-electron chi connectivity index (χ4n) is 2.05. The number of nitrogens with one attached hydrogen (secondary N) is 1. The number of pyridine rings is 1. The Bertz CT molecular complexity index is 543. The van der Waals surface area contributed by atoms with Gasteiger partial charge in [-0.15, -0.1) is 0 Å². The number of hydrogen-bond donors (Lipinski definition) is 1. The molecule has 0 saturated heterocycles. The summed E-state index contributed by atoms with van der Waals surface area (Å²) in [6.07, 6.45) is 2.76. The first-order valence-electron chi connectivity index (χ1n) is 6.41. The van der Waals surface area contributed by atoms with Gasteiger partial charge in [0.2, 0.25) is 6.79 Å². The van der Waals surface area contributed by atoms with Gasteiger partial charge in [-0.2, -0.15) is 0 Å². The van der Waals surface area contributed by atoms with Crippen LogP contribution in [0.3, 0.4) is 0 Å². The highest BCUT2D eigenvalue weighted by Gasteiger charge is 2.12. The van der Waals surface area contributed by atoms with Crippen molar-refractivity contribution in [2.45, 2.75) is 13.0 Å². The maximum Gasteiger partial charge on any atom is 0.231 e. The van der Waals surface area contributed by atoms with E-state index in [0.717, 1.165) is 36.7 Å². The molecule has 0 fully saturated rings. The summed E-state index contributed by atoms with van der Waals surface area (Å²) in [5, 5.41) is 3.40. The zero-order valence-corrected chi connectivity index (χ0v) is 10.6. The van der Waals surface area contributed by atoms with E-state index in [1.54, 1.807) is 0 Å². The van der Waals surface area contributed by atoms with Crippen LogP contribution in [-0.4, -0.2) is 18.3 Å². The van der Waals surface area contributed by atoms with Crippen LogP contribution < -0.4 is 14.8 Å². The molecule has 3 rings (SSSR count). The van der Waals surface area contributed by atoms with Crippen LogP contribution in [0.2, 0.25) is 0 Å². The monoisotopic (exact) mass is 256 g/mol. The molecule has 0 aliphatic carbocycles. The lowest BCUT2D eigenvalue weighted by Gasteiger charge is -2.05. The third-order valence-corrected chi connectivity index (χ3v) is 3.05. The van der Waals surface area contributed by atoms with Gasteiger partial charge in [0, 0.05) is 31.4 Å². The highest BCUT2D eigenvalue weighted by atomic mass is 16.7. The Kier molecular flexibility index (Phi) is 3.61. The molecule has 0 atom stereocenters. The van der Waals surface area contributed by atoms with Crippen molar-refractivity contribution in [1.29, 1.82) is 0 Å². The molecular formula is C15H16N2O2. The molecule has 2 aromatic rings. The van der Waals surface area contributed by atoms with Gasteiger partial charge in [0.25, 0.3) is 0 Å². The molecule has 98 valence electrons. The number of ether oxygens (including phenoxy) is 2. The van der Waals surface area contributed by atoms with Crippen LogP contribution in [0.25, 0.3) is 0 Å². The van der Waals surface area contributed by atoms with Gasteiger partial charge < -0.3 is 14.8 Å². The molecular weight excluding hydrogens is 240 g/mol. The second kappa shape index (κ2) is 5.71. The normalized spacial score (nSPS) is 12.6. The summed E-state index contributed by atoms with van der Waals surface area (Å²) in [7, 11) is 0. The van der Waals surface area contributed by atoms with Gasteiger partial charge in [0.05, 0.1) is 0 Å². The van der Waals surface area contributed by atoms with E-state index in [1.807, 2.05) is 36.5 Å². The highest BCUT2D eigenvalue weighted by molar-refractivity contribution is 5.44. The molecule has 0 amide bonds. The topological polar surface area (TPSA) is 43.4 Å². The molecule has 4 heteroatoms. The van der Waals surface area contributed by atoms with Gasteiger partial charge in [-0.3, -0.25) is 4.98 Å². The number of rotatable bonds is 5. The zero-order valence-electron chi connectivity index (χ0n) is 10.6. The average Bonchev–Trinajstić information content (AvgIpc) is 2.92. The minimum atomic E-state index is 0.325. The van der Waals surface area contributed by atoms with E-state index in [-0.39, 0.29) is 0 Å². The second-order valence-corrected chi connectivity index (χ2v) is 4.44. The molecule has 1 N–H and O–H groups in total. The van der Waals surface area contributed by atoms with E-state index in [0.29, 0.717) is 6.79 Å². The van der Waals surface area contributed by atoms with Gasteiger partial charge in [0.1, 0.15) is 0 Å². The molecule has 1 aromatic heterocycles. The molecule has 1 aliphatic heterocycles. The van der Waals surface area contributed by atoms with E-state index >= 15 is 0 Å². The zero-order chi connectivity index (χ0) is 12.9. The fraction of sp³-hybridized carbons (Fsp3) is 0.267. The van der Waals surface area contributed by atoms with E-state index in [4.69, 9.17) is 9.47 Å². The third-order valence-electron chi connectivity index (χ3n) is 3.05. The Morgan fingerprint density at radius 2 is 2.05 bits per heavy atom. The molecule has 4 nitrogen and oxygen atoms in total. The fourth-order valence-corrected chi connectivity index (χ4v) is 2.05. The van der Waals surface area contributed by atoms with Gasteiger partial charge >= 0.3 is 0 Å². The van der Waals surface area contributed by atoms with Crippen LogP contribution in [-0.2, 0) is 13.0 Å². The third kappa shape index (κ3) is 3.03. The van der Waals surface area contributed by atoms with Crippen molar-refractivity contribution >= 4 is 0 Å². The molecule has 0 radical (unpaired) electrons.